The summed E-state index contributed by atoms with van der Waals surface area (Å²) in [7, 11) is 0. The Balaban J connectivity index is 1.45. The molecule has 4 rings (SSSR count). The van der Waals surface area contributed by atoms with Crippen LogP contribution in [0.25, 0.3) is 0 Å². The van der Waals surface area contributed by atoms with Gasteiger partial charge in [0.25, 0.3) is 0 Å². The van der Waals surface area contributed by atoms with Crippen molar-refractivity contribution in [3.63, 3.8) is 0 Å². The fraction of sp³-hybridized carbons (Fsp3) is 0.476. The predicted octanol–water partition coefficient (Wildman–Crippen LogP) is 3.57. The van der Waals surface area contributed by atoms with E-state index in [1.165, 1.54) is 36.8 Å². The summed E-state index contributed by atoms with van der Waals surface area (Å²) in [6.45, 7) is 3.87. The van der Waals surface area contributed by atoms with Crippen molar-refractivity contribution in [3.8, 4) is 5.88 Å². The number of nitrogens with zero attached hydrogens (tertiary/aromatic N) is 3. The van der Waals surface area contributed by atoms with Gasteiger partial charge in [0.15, 0.2) is 5.82 Å². The van der Waals surface area contributed by atoms with E-state index in [1.54, 1.807) is 19.3 Å². The number of fused-ring (bicyclic) bond motifs is 1. The van der Waals surface area contributed by atoms with Gasteiger partial charge in [-0.2, -0.15) is 4.98 Å². The first kappa shape index (κ1) is 17.8. The zero-order valence-electron chi connectivity index (χ0n) is 15.8. The van der Waals surface area contributed by atoms with Crippen LogP contribution in [0.3, 0.4) is 0 Å². The summed E-state index contributed by atoms with van der Waals surface area (Å²) in [6.07, 6.45) is 9.50. The molecule has 1 N–H and O–H groups in total. The van der Waals surface area contributed by atoms with E-state index in [-0.39, 0.29) is 5.91 Å². The molecule has 1 amide bonds. The molecule has 2 aromatic rings. The molecule has 1 aromatic heterocycles. The quantitative estimate of drug-likeness (QED) is 0.876. The lowest BCUT2D eigenvalue weighted by Crippen LogP contribution is -2.31. The first-order valence-corrected chi connectivity index (χ1v) is 9.77. The number of rotatable bonds is 5. The zero-order chi connectivity index (χ0) is 18.6. The van der Waals surface area contributed by atoms with Crippen molar-refractivity contribution in [3.05, 3.63) is 41.7 Å². The second kappa shape index (κ2) is 7.94. The zero-order valence-corrected chi connectivity index (χ0v) is 15.8. The molecule has 0 bridgehead atoms. The number of carbonyl (C=O) groups excluding carboxylic acids is 1. The molecule has 0 saturated heterocycles. The monoisotopic (exact) mass is 366 g/mol. The van der Waals surface area contributed by atoms with Gasteiger partial charge in [-0.05, 0) is 42.4 Å². The second-order valence-electron chi connectivity index (χ2n) is 7.47. The molecule has 0 atom stereocenters. The van der Waals surface area contributed by atoms with Crippen LogP contribution in [-0.4, -0.2) is 29.0 Å². The third-order valence-corrected chi connectivity index (χ3v) is 5.44. The van der Waals surface area contributed by atoms with Gasteiger partial charge in [0.2, 0.25) is 11.8 Å². The Morgan fingerprint density at radius 2 is 2.15 bits per heavy atom. The van der Waals surface area contributed by atoms with Gasteiger partial charge in [-0.15, -0.1) is 0 Å². The van der Waals surface area contributed by atoms with Crippen molar-refractivity contribution in [2.75, 3.05) is 23.4 Å². The van der Waals surface area contributed by atoms with Gasteiger partial charge in [0.1, 0.15) is 0 Å². The van der Waals surface area contributed by atoms with Gasteiger partial charge in [-0.1, -0.05) is 25.0 Å². The molecule has 142 valence electrons. The highest BCUT2D eigenvalue weighted by molar-refractivity contribution is 5.89. The minimum Gasteiger partial charge on any atom is -0.476 e. The van der Waals surface area contributed by atoms with Crippen LogP contribution >= 0.6 is 0 Å². The SMILES string of the molecule is CC(=O)Nc1cccc2c1CCN(c1cncc(OCC3CCCC3)n1)C2. The molecule has 1 saturated carbocycles. The normalized spacial score (nSPS) is 16.9. The molecule has 0 unspecified atom stereocenters. The van der Waals surface area contributed by atoms with Crippen molar-refractivity contribution in [2.24, 2.45) is 5.92 Å². The molecule has 27 heavy (non-hydrogen) atoms. The highest BCUT2D eigenvalue weighted by atomic mass is 16.5. The molecule has 6 nitrogen and oxygen atoms in total. The highest BCUT2D eigenvalue weighted by Crippen LogP contribution is 2.29. The van der Waals surface area contributed by atoms with Crippen molar-refractivity contribution >= 4 is 17.4 Å². The Labute approximate surface area is 160 Å². The van der Waals surface area contributed by atoms with Crippen molar-refractivity contribution in [1.82, 2.24) is 9.97 Å². The Kier molecular flexibility index (Phi) is 5.23. The van der Waals surface area contributed by atoms with E-state index in [0.29, 0.717) is 11.8 Å². The maximum absolute atomic E-state index is 11.4. The summed E-state index contributed by atoms with van der Waals surface area (Å²) >= 11 is 0. The summed E-state index contributed by atoms with van der Waals surface area (Å²) in [5, 5.41) is 2.93. The topological polar surface area (TPSA) is 67.4 Å². The van der Waals surface area contributed by atoms with Crippen LogP contribution in [0.15, 0.2) is 30.6 Å². The van der Waals surface area contributed by atoms with Gasteiger partial charge in [-0.25, -0.2) is 0 Å². The molecule has 2 aliphatic rings. The summed E-state index contributed by atoms with van der Waals surface area (Å²) in [5.74, 6) is 2.07. The minimum atomic E-state index is -0.0381. The standard InChI is InChI=1S/C21H26N4O2/c1-15(26)23-19-8-4-7-17-13-25(10-9-18(17)19)20-11-22-12-21(24-20)27-14-16-5-2-3-6-16/h4,7-8,11-12,16H,2-3,5-6,9-10,13-14H2,1H3,(H,23,26). The molecule has 1 aliphatic heterocycles. The van der Waals surface area contributed by atoms with Crippen LogP contribution in [0.5, 0.6) is 5.88 Å². The average molecular weight is 366 g/mol. The van der Waals surface area contributed by atoms with Crippen LogP contribution < -0.4 is 15.0 Å². The molecular formula is C21H26N4O2. The lowest BCUT2D eigenvalue weighted by Gasteiger charge is -2.30. The van der Waals surface area contributed by atoms with Crippen molar-refractivity contribution < 1.29 is 9.53 Å². The Morgan fingerprint density at radius 3 is 2.96 bits per heavy atom. The average Bonchev–Trinajstić information content (AvgIpc) is 3.20. The van der Waals surface area contributed by atoms with Gasteiger partial charge in [0.05, 0.1) is 19.0 Å². The first-order chi connectivity index (χ1) is 13.2. The van der Waals surface area contributed by atoms with Crippen molar-refractivity contribution in [1.29, 1.82) is 0 Å². The van der Waals surface area contributed by atoms with E-state index >= 15 is 0 Å². The Morgan fingerprint density at radius 1 is 1.30 bits per heavy atom. The number of ether oxygens (including phenoxy) is 1. The number of nitrogens with one attached hydrogen (secondary N) is 1. The molecule has 0 spiro atoms. The number of aromatic nitrogens is 2. The number of amides is 1. The Hall–Kier alpha value is -2.63. The lowest BCUT2D eigenvalue weighted by atomic mass is 9.97. The number of benzene rings is 1. The molecule has 2 heterocycles. The number of anilines is 2. The van der Waals surface area contributed by atoms with E-state index < -0.39 is 0 Å². The van der Waals surface area contributed by atoms with Gasteiger partial charge in [0, 0.05) is 25.7 Å². The van der Waals surface area contributed by atoms with Gasteiger partial charge < -0.3 is 15.0 Å². The van der Waals surface area contributed by atoms with E-state index in [4.69, 9.17) is 4.74 Å². The number of hydrogen-bond donors (Lipinski definition) is 1. The third-order valence-electron chi connectivity index (χ3n) is 5.44. The van der Waals surface area contributed by atoms with E-state index in [2.05, 4.69) is 26.3 Å². The van der Waals surface area contributed by atoms with Crippen LogP contribution in [0.4, 0.5) is 11.5 Å². The van der Waals surface area contributed by atoms with E-state index in [1.807, 2.05) is 12.1 Å². The summed E-state index contributed by atoms with van der Waals surface area (Å²) in [6, 6.07) is 6.06. The largest absolute Gasteiger partial charge is 0.476 e. The maximum atomic E-state index is 11.4. The number of carbonyl (C=O) groups is 1. The first-order valence-electron chi connectivity index (χ1n) is 9.77. The Bertz CT molecular complexity index is 818. The van der Waals surface area contributed by atoms with E-state index in [9.17, 15) is 4.79 Å². The summed E-state index contributed by atoms with van der Waals surface area (Å²) in [4.78, 5) is 22.6. The van der Waals surface area contributed by atoms with Crippen LogP contribution in [0.2, 0.25) is 0 Å². The van der Waals surface area contributed by atoms with E-state index in [0.717, 1.165) is 37.6 Å². The maximum Gasteiger partial charge on any atom is 0.234 e. The summed E-state index contributed by atoms with van der Waals surface area (Å²) in [5.41, 5.74) is 3.34. The van der Waals surface area contributed by atoms with Crippen LogP contribution in [0.1, 0.15) is 43.7 Å². The minimum absolute atomic E-state index is 0.0381. The third kappa shape index (κ3) is 4.21. The molecule has 6 heteroatoms. The van der Waals surface area contributed by atoms with Crippen LogP contribution in [-0.2, 0) is 17.8 Å². The fourth-order valence-electron chi connectivity index (χ4n) is 4.05. The van der Waals surface area contributed by atoms with Gasteiger partial charge >= 0.3 is 0 Å². The molecular weight excluding hydrogens is 340 g/mol. The van der Waals surface area contributed by atoms with Gasteiger partial charge in [-0.3, -0.25) is 9.78 Å². The second-order valence-corrected chi connectivity index (χ2v) is 7.47. The number of hydrogen-bond acceptors (Lipinski definition) is 5. The smallest absolute Gasteiger partial charge is 0.234 e. The fourth-order valence-corrected chi connectivity index (χ4v) is 4.05. The molecule has 1 aliphatic carbocycles. The molecule has 1 fully saturated rings. The van der Waals surface area contributed by atoms with Crippen molar-refractivity contribution in [2.45, 2.75) is 45.6 Å². The molecule has 0 radical (unpaired) electrons. The summed E-state index contributed by atoms with van der Waals surface area (Å²) < 4.78 is 5.91. The highest BCUT2D eigenvalue weighted by Gasteiger charge is 2.21. The lowest BCUT2D eigenvalue weighted by molar-refractivity contribution is -0.114. The molecule has 1 aromatic carbocycles. The predicted molar refractivity (Wildman–Crippen MR) is 105 cm³/mol. The van der Waals surface area contributed by atoms with Crippen LogP contribution in [0, 0.1) is 5.92 Å².